The number of aromatic nitrogens is 1. The van der Waals surface area contributed by atoms with E-state index in [1.165, 1.54) is 6.42 Å². The lowest BCUT2D eigenvalue weighted by atomic mass is 9.99. The maximum atomic E-state index is 12.7. The Morgan fingerprint density at radius 2 is 2.37 bits per heavy atom. The summed E-state index contributed by atoms with van der Waals surface area (Å²) in [7, 11) is 1.79. The minimum atomic E-state index is 0.0877. The molecule has 0 aromatic carbocycles. The molecule has 0 radical (unpaired) electrons. The fourth-order valence-electron chi connectivity index (χ4n) is 2.65. The second-order valence-electron chi connectivity index (χ2n) is 4.86. The number of rotatable bonds is 3. The van der Waals surface area contributed by atoms with Crippen molar-refractivity contribution in [2.45, 2.75) is 38.6 Å². The van der Waals surface area contributed by atoms with E-state index in [4.69, 9.17) is 0 Å². The van der Waals surface area contributed by atoms with Gasteiger partial charge in [-0.05, 0) is 47.7 Å². The van der Waals surface area contributed by atoms with E-state index < -0.39 is 0 Å². The van der Waals surface area contributed by atoms with Crippen LogP contribution in [0.25, 0.3) is 0 Å². The molecule has 5 heteroatoms. The highest BCUT2D eigenvalue weighted by Gasteiger charge is 2.27. The first kappa shape index (κ1) is 14.3. The van der Waals surface area contributed by atoms with Gasteiger partial charge in [0.2, 0.25) is 0 Å². The van der Waals surface area contributed by atoms with Gasteiger partial charge >= 0.3 is 0 Å². The number of nitrogens with one attached hydrogen (secondary N) is 1. The molecule has 104 valence electrons. The van der Waals surface area contributed by atoms with Crippen molar-refractivity contribution in [1.29, 1.82) is 0 Å². The number of carbonyl (C=O) groups excluding carboxylic acids is 1. The van der Waals surface area contributed by atoms with Crippen molar-refractivity contribution in [1.82, 2.24) is 9.88 Å². The van der Waals surface area contributed by atoms with Crippen molar-refractivity contribution >= 4 is 27.7 Å². The van der Waals surface area contributed by atoms with Crippen molar-refractivity contribution in [3.8, 4) is 0 Å². The van der Waals surface area contributed by atoms with Crippen LogP contribution in [0.2, 0.25) is 0 Å². The first-order valence-electron chi connectivity index (χ1n) is 6.81. The zero-order chi connectivity index (χ0) is 13.8. The Balaban J connectivity index is 2.29. The molecule has 0 bridgehead atoms. The molecule has 19 heavy (non-hydrogen) atoms. The van der Waals surface area contributed by atoms with Gasteiger partial charge in [0, 0.05) is 30.3 Å². The Kier molecular flexibility index (Phi) is 4.80. The number of nitrogens with zero attached hydrogens (tertiary/aromatic N) is 2. The van der Waals surface area contributed by atoms with Crippen LogP contribution in [0.3, 0.4) is 0 Å². The van der Waals surface area contributed by atoms with Gasteiger partial charge < -0.3 is 10.2 Å². The molecule has 2 heterocycles. The maximum Gasteiger partial charge on any atom is 0.257 e. The van der Waals surface area contributed by atoms with Crippen LogP contribution in [0.5, 0.6) is 0 Å². The van der Waals surface area contributed by atoms with E-state index in [2.05, 4.69) is 33.2 Å². The van der Waals surface area contributed by atoms with Gasteiger partial charge in [0.25, 0.3) is 5.91 Å². The van der Waals surface area contributed by atoms with E-state index in [1.807, 2.05) is 11.0 Å². The fourth-order valence-corrected chi connectivity index (χ4v) is 2.98. The lowest BCUT2D eigenvalue weighted by molar-refractivity contribution is 0.0608. The van der Waals surface area contributed by atoms with Gasteiger partial charge in [0.1, 0.15) is 5.82 Å². The predicted molar refractivity (Wildman–Crippen MR) is 80.5 cm³/mol. The molecule has 2 rings (SSSR count). The van der Waals surface area contributed by atoms with Crippen molar-refractivity contribution in [2.24, 2.45) is 0 Å². The second-order valence-corrected chi connectivity index (χ2v) is 5.77. The van der Waals surface area contributed by atoms with E-state index in [0.717, 1.165) is 30.3 Å². The number of amides is 1. The molecule has 1 aromatic rings. The molecule has 1 N–H and O–H groups in total. The average Bonchev–Trinajstić information content (AvgIpc) is 2.46. The molecular weight excluding hydrogens is 306 g/mol. The Bertz CT molecular complexity index is 464. The molecule has 1 aliphatic heterocycles. The quantitative estimate of drug-likeness (QED) is 0.927. The Morgan fingerprint density at radius 3 is 3.05 bits per heavy atom. The number of carbonyl (C=O) groups is 1. The second kappa shape index (κ2) is 6.37. The first-order valence-corrected chi connectivity index (χ1v) is 7.61. The van der Waals surface area contributed by atoms with E-state index in [-0.39, 0.29) is 5.91 Å². The Morgan fingerprint density at radius 1 is 1.58 bits per heavy atom. The predicted octanol–water partition coefficient (Wildman–Crippen LogP) is 3.29. The molecule has 0 spiro atoms. The highest BCUT2D eigenvalue weighted by atomic mass is 79.9. The third-order valence-corrected chi connectivity index (χ3v) is 4.11. The molecule has 1 atom stereocenters. The molecule has 1 amide bonds. The van der Waals surface area contributed by atoms with Gasteiger partial charge in [0.15, 0.2) is 0 Å². The van der Waals surface area contributed by atoms with Crippen molar-refractivity contribution in [3.05, 3.63) is 22.3 Å². The third kappa shape index (κ3) is 3.08. The summed E-state index contributed by atoms with van der Waals surface area (Å²) in [5.41, 5.74) is 0.650. The van der Waals surface area contributed by atoms with Crippen molar-refractivity contribution in [3.63, 3.8) is 0 Å². The van der Waals surface area contributed by atoms with E-state index in [1.54, 1.807) is 13.2 Å². The molecule has 0 saturated carbocycles. The summed E-state index contributed by atoms with van der Waals surface area (Å²) in [5, 5.41) is 3.00. The minimum absolute atomic E-state index is 0.0877. The van der Waals surface area contributed by atoms with Gasteiger partial charge in [0.05, 0.1) is 5.56 Å². The smallest absolute Gasteiger partial charge is 0.257 e. The molecule has 1 unspecified atom stereocenters. The normalized spacial score (nSPS) is 19.3. The monoisotopic (exact) mass is 325 g/mol. The van der Waals surface area contributed by atoms with Crippen LogP contribution in [-0.2, 0) is 0 Å². The fraction of sp³-hybridized carbons (Fsp3) is 0.571. The number of pyridine rings is 1. The standard InChI is InChI=1S/C14H20BrN3O/c1-3-11-6-4-5-7-18(11)14(19)12-8-10(15)9-17-13(12)16-2/h8-9,11H,3-7H2,1-2H3,(H,16,17). The number of piperidine rings is 1. The number of anilines is 1. The molecular formula is C14H20BrN3O. The topological polar surface area (TPSA) is 45.2 Å². The van der Waals surface area contributed by atoms with Gasteiger partial charge in [-0.25, -0.2) is 4.98 Å². The summed E-state index contributed by atoms with van der Waals surface area (Å²) < 4.78 is 0.833. The van der Waals surface area contributed by atoms with Crippen LogP contribution in [0.4, 0.5) is 5.82 Å². The van der Waals surface area contributed by atoms with Gasteiger partial charge in [-0.2, -0.15) is 0 Å². The Labute approximate surface area is 122 Å². The van der Waals surface area contributed by atoms with Crippen LogP contribution in [0.15, 0.2) is 16.7 Å². The zero-order valence-corrected chi connectivity index (χ0v) is 13.0. The summed E-state index contributed by atoms with van der Waals surface area (Å²) in [6, 6.07) is 2.22. The van der Waals surface area contributed by atoms with E-state index >= 15 is 0 Å². The van der Waals surface area contributed by atoms with E-state index in [9.17, 15) is 4.79 Å². The van der Waals surface area contributed by atoms with E-state index in [0.29, 0.717) is 17.4 Å². The van der Waals surface area contributed by atoms with Crippen molar-refractivity contribution < 1.29 is 4.79 Å². The lowest BCUT2D eigenvalue weighted by Gasteiger charge is -2.35. The molecule has 1 fully saturated rings. The number of hydrogen-bond donors (Lipinski definition) is 1. The third-order valence-electron chi connectivity index (χ3n) is 3.68. The highest BCUT2D eigenvalue weighted by Crippen LogP contribution is 2.25. The maximum absolute atomic E-state index is 12.7. The van der Waals surface area contributed by atoms with Crippen LogP contribution in [-0.4, -0.2) is 35.4 Å². The summed E-state index contributed by atoms with van der Waals surface area (Å²) in [6.07, 6.45) is 6.15. The lowest BCUT2D eigenvalue weighted by Crippen LogP contribution is -2.43. The number of likely N-dealkylation sites (tertiary alicyclic amines) is 1. The summed E-state index contributed by atoms with van der Waals surface area (Å²) in [4.78, 5) is 19.0. The van der Waals surface area contributed by atoms with Gasteiger partial charge in [-0.15, -0.1) is 0 Å². The van der Waals surface area contributed by atoms with Crippen LogP contribution < -0.4 is 5.32 Å². The summed E-state index contributed by atoms with van der Waals surface area (Å²) in [5.74, 6) is 0.735. The molecule has 4 nitrogen and oxygen atoms in total. The highest BCUT2D eigenvalue weighted by molar-refractivity contribution is 9.10. The average molecular weight is 326 g/mol. The van der Waals surface area contributed by atoms with Gasteiger partial charge in [-0.1, -0.05) is 6.92 Å². The molecule has 1 aromatic heterocycles. The summed E-state index contributed by atoms with van der Waals surface area (Å²) in [6.45, 7) is 3.00. The van der Waals surface area contributed by atoms with Gasteiger partial charge in [-0.3, -0.25) is 4.79 Å². The van der Waals surface area contributed by atoms with Crippen LogP contribution in [0, 0.1) is 0 Å². The van der Waals surface area contributed by atoms with Crippen molar-refractivity contribution in [2.75, 3.05) is 18.9 Å². The summed E-state index contributed by atoms with van der Waals surface area (Å²) >= 11 is 3.39. The first-order chi connectivity index (χ1) is 9.17. The van der Waals surface area contributed by atoms with Crippen LogP contribution >= 0.6 is 15.9 Å². The SMILES string of the molecule is CCC1CCCCN1C(=O)c1cc(Br)cnc1NC. The van der Waals surface area contributed by atoms with Crippen LogP contribution in [0.1, 0.15) is 43.0 Å². The molecule has 1 aliphatic rings. The minimum Gasteiger partial charge on any atom is -0.372 e. The number of halogens is 1. The zero-order valence-electron chi connectivity index (χ0n) is 11.4. The number of hydrogen-bond acceptors (Lipinski definition) is 3. The molecule has 1 saturated heterocycles. The largest absolute Gasteiger partial charge is 0.372 e. The Hall–Kier alpha value is -1.10. The molecule has 0 aliphatic carbocycles.